The molecule has 0 saturated heterocycles. The molecule has 7 heteroatoms. The molecule has 0 N–H and O–H groups in total. The molecule has 0 bridgehead atoms. The average Bonchev–Trinajstić information content (AvgIpc) is 2.39. The smallest absolute Gasteiger partial charge is 0.243 e. The van der Waals surface area contributed by atoms with Gasteiger partial charge in [0, 0.05) is 31.1 Å². The van der Waals surface area contributed by atoms with Crippen LogP contribution in [0.15, 0.2) is 33.6 Å². The Morgan fingerprint density at radius 3 is 2.47 bits per heavy atom. The molecule has 0 aromatic heterocycles. The second kappa shape index (κ2) is 7.60. The molecule has 0 radical (unpaired) electrons. The van der Waals surface area contributed by atoms with Crippen molar-refractivity contribution in [3.63, 3.8) is 0 Å². The maximum absolute atomic E-state index is 12.4. The first-order chi connectivity index (χ1) is 9.02. The summed E-state index contributed by atoms with van der Waals surface area (Å²) in [6, 6.07) is 8.36. The normalized spacial score (nSPS) is 11.5. The molecule has 0 fully saturated rings. The molecule has 0 heterocycles. The van der Waals surface area contributed by atoms with E-state index in [1.165, 1.54) is 23.5 Å². The van der Waals surface area contributed by atoms with E-state index in [9.17, 15) is 8.42 Å². The summed E-state index contributed by atoms with van der Waals surface area (Å²) >= 11 is 3.26. The van der Waals surface area contributed by atoms with Crippen molar-refractivity contribution in [3.8, 4) is 6.07 Å². The number of rotatable bonds is 7. The van der Waals surface area contributed by atoms with Gasteiger partial charge in [0.15, 0.2) is 0 Å². The second-order valence-electron chi connectivity index (χ2n) is 3.76. The molecule has 0 saturated carbocycles. The standard InChI is InChI=1S/C12H15BrN2O3S/c1-18-10-9-15(8-2-7-14)19(16,17)12-5-3-11(13)4-6-12/h3-6H,2,8-10H2,1H3. The number of nitriles is 1. The van der Waals surface area contributed by atoms with Crippen molar-refractivity contribution < 1.29 is 13.2 Å². The van der Waals surface area contributed by atoms with Gasteiger partial charge < -0.3 is 4.74 Å². The van der Waals surface area contributed by atoms with Crippen LogP contribution < -0.4 is 0 Å². The Kier molecular flexibility index (Phi) is 6.45. The Morgan fingerprint density at radius 2 is 1.95 bits per heavy atom. The molecular formula is C12H15BrN2O3S. The number of ether oxygens (including phenoxy) is 1. The Labute approximate surface area is 122 Å². The third kappa shape index (κ3) is 4.58. The van der Waals surface area contributed by atoms with Crippen LogP contribution >= 0.6 is 15.9 Å². The van der Waals surface area contributed by atoms with Crippen LogP contribution in [0.5, 0.6) is 0 Å². The molecule has 0 aliphatic heterocycles. The van der Waals surface area contributed by atoms with E-state index in [2.05, 4.69) is 15.9 Å². The van der Waals surface area contributed by atoms with Crippen molar-refractivity contribution in [2.45, 2.75) is 11.3 Å². The molecule has 1 aromatic carbocycles. The fraction of sp³-hybridized carbons (Fsp3) is 0.417. The van der Waals surface area contributed by atoms with Crippen LogP contribution in [-0.4, -0.2) is 39.5 Å². The van der Waals surface area contributed by atoms with E-state index in [-0.39, 0.29) is 24.4 Å². The Balaban J connectivity index is 2.97. The van der Waals surface area contributed by atoms with Crippen molar-refractivity contribution >= 4 is 26.0 Å². The van der Waals surface area contributed by atoms with Gasteiger partial charge >= 0.3 is 0 Å². The van der Waals surface area contributed by atoms with Crippen molar-refractivity contribution in [1.82, 2.24) is 4.31 Å². The number of benzene rings is 1. The maximum Gasteiger partial charge on any atom is 0.243 e. The Morgan fingerprint density at radius 1 is 1.32 bits per heavy atom. The Hall–Kier alpha value is -0.940. The lowest BCUT2D eigenvalue weighted by Crippen LogP contribution is -2.34. The molecule has 104 valence electrons. The first kappa shape index (κ1) is 16.1. The highest BCUT2D eigenvalue weighted by Gasteiger charge is 2.23. The summed E-state index contributed by atoms with van der Waals surface area (Å²) in [5.41, 5.74) is 0. The highest BCUT2D eigenvalue weighted by molar-refractivity contribution is 9.10. The third-order valence-corrected chi connectivity index (χ3v) is 4.91. The lowest BCUT2D eigenvalue weighted by atomic mass is 10.4. The molecule has 1 aromatic rings. The fourth-order valence-electron chi connectivity index (χ4n) is 1.48. The summed E-state index contributed by atoms with van der Waals surface area (Å²) < 4.78 is 31.8. The number of methoxy groups -OCH3 is 1. The summed E-state index contributed by atoms with van der Waals surface area (Å²) in [4.78, 5) is 0.213. The molecule has 5 nitrogen and oxygen atoms in total. The van der Waals surface area contributed by atoms with Gasteiger partial charge in [0.25, 0.3) is 0 Å². The lowest BCUT2D eigenvalue weighted by molar-refractivity contribution is 0.179. The van der Waals surface area contributed by atoms with Crippen LogP contribution in [0, 0.1) is 11.3 Å². The van der Waals surface area contributed by atoms with Gasteiger partial charge in [-0.25, -0.2) is 8.42 Å². The summed E-state index contributed by atoms with van der Waals surface area (Å²) in [6.45, 7) is 0.690. The minimum atomic E-state index is -3.58. The molecule has 0 aliphatic carbocycles. The number of sulfonamides is 1. The molecule has 0 spiro atoms. The van der Waals surface area contributed by atoms with Crippen LogP contribution in [0.3, 0.4) is 0 Å². The van der Waals surface area contributed by atoms with Crippen molar-refractivity contribution in [2.24, 2.45) is 0 Å². The van der Waals surface area contributed by atoms with Gasteiger partial charge in [-0.05, 0) is 24.3 Å². The summed E-state index contributed by atoms with van der Waals surface area (Å²) in [5.74, 6) is 0. The van der Waals surface area contributed by atoms with Crippen molar-refractivity contribution in [3.05, 3.63) is 28.7 Å². The number of hydrogen-bond donors (Lipinski definition) is 0. The quantitative estimate of drug-likeness (QED) is 0.756. The fourth-order valence-corrected chi connectivity index (χ4v) is 3.16. The summed E-state index contributed by atoms with van der Waals surface area (Å²) in [5, 5.41) is 8.60. The van der Waals surface area contributed by atoms with Gasteiger partial charge in [0.1, 0.15) is 0 Å². The van der Waals surface area contributed by atoms with Gasteiger partial charge in [-0.1, -0.05) is 15.9 Å². The number of hydrogen-bond acceptors (Lipinski definition) is 4. The molecule has 19 heavy (non-hydrogen) atoms. The largest absolute Gasteiger partial charge is 0.383 e. The zero-order chi connectivity index (χ0) is 14.3. The van der Waals surface area contributed by atoms with E-state index in [1.807, 2.05) is 6.07 Å². The highest BCUT2D eigenvalue weighted by atomic mass is 79.9. The van der Waals surface area contributed by atoms with Crippen LogP contribution in [0.4, 0.5) is 0 Å². The monoisotopic (exact) mass is 346 g/mol. The van der Waals surface area contributed by atoms with E-state index in [1.54, 1.807) is 12.1 Å². The molecule has 0 aliphatic rings. The zero-order valence-corrected chi connectivity index (χ0v) is 12.9. The minimum absolute atomic E-state index is 0.152. The average molecular weight is 347 g/mol. The van der Waals surface area contributed by atoms with E-state index in [0.29, 0.717) is 6.61 Å². The molecule has 0 unspecified atom stereocenters. The van der Waals surface area contributed by atoms with E-state index >= 15 is 0 Å². The van der Waals surface area contributed by atoms with Gasteiger partial charge in [-0.3, -0.25) is 0 Å². The number of nitrogens with zero attached hydrogens (tertiary/aromatic N) is 2. The SMILES string of the molecule is COCCN(CCC#N)S(=O)(=O)c1ccc(Br)cc1. The molecular weight excluding hydrogens is 332 g/mol. The van der Waals surface area contributed by atoms with Crippen LogP contribution in [0.1, 0.15) is 6.42 Å². The van der Waals surface area contributed by atoms with Crippen molar-refractivity contribution in [2.75, 3.05) is 26.8 Å². The molecule has 0 amide bonds. The highest BCUT2D eigenvalue weighted by Crippen LogP contribution is 2.18. The van der Waals surface area contributed by atoms with E-state index in [4.69, 9.17) is 10.00 Å². The van der Waals surface area contributed by atoms with Crippen LogP contribution in [-0.2, 0) is 14.8 Å². The summed E-state index contributed by atoms with van der Waals surface area (Å²) in [7, 11) is -2.07. The van der Waals surface area contributed by atoms with E-state index < -0.39 is 10.0 Å². The number of halogens is 1. The van der Waals surface area contributed by atoms with E-state index in [0.717, 1.165) is 4.47 Å². The predicted octanol–water partition coefficient (Wildman–Crippen LogP) is 2.00. The lowest BCUT2D eigenvalue weighted by Gasteiger charge is -2.20. The minimum Gasteiger partial charge on any atom is -0.383 e. The maximum atomic E-state index is 12.4. The van der Waals surface area contributed by atoms with Crippen LogP contribution in [0.2, 0.25) is 0 Å². The van der Waals surface area contributed by atoms with Gasteiger partial charge in [-0.2, -0.15) is 9.57 Å². The molecule has 1 rings (SSSR count). The van der Waals surface area contributed by atoms with Gasteiger partial charge in [0.05, 0.1) is 17.6 Å². The zero-order valence-electron chi connectivity index (χ0n) is 10.5. The second-order valence-corrected chi connectivity index (χ2v) is 6.61. The van der Waals surface area contributed by atoms with Gasteiger partial charge in [0.2, 0.25) is 10.0 Å². The first-order valence-electron chi connectivity index (χ1n) is 5.64. The topological polar surface area (TPSA) is 70.4 Å². The first-order valence-corrected chi connectivity index (χ1v) is 7.87. The molecule has 0 atom stereocenters. The Bertz CT molecular complexity index is 537. The third-order valence-electron chi connectivity index (χ3n) is 2.47. The van der Waals surface area contributed by atoms with Gasteiger partial charge in [-0.15, -0.1) is 0 Å². The summed E-state index contributed by atoms with van der Waals surface area (Å²) in [6.07, 6.45) is 0.152. The predicted molar refractivity (Wildman–Crippen MR) is 75.0 cm³/mol. The van der Waals surface area contributed by atoms with Crippen LogP contribution in [0.25, 0.3) is 0 Å². The van der Waals surface area contributed by atoms with Crippen molar-refractivity contribution in [1.29, 1.82) is 5.26 Å².